The molecule has 0 saturated heterocycles. The third kappa shape index (κ3) is 13.9. The van der Waals surface area contributed by atoms with Crippen molar-refractivity contribution in [3.8, 4) is 0 Å². The average Bonchev–Trinajstić information content (AvgIpc) is 3.19. The lowest BCUT2D eigenvalue weighted by Crippen LogP contribution is -2.14. The first-order chi connectivity index (χ1) is 28.7. The Hall–Kier alpha value is -4.75. The lowest BCUT2D eigenvalue weighted by molar-refractivity contribution is -0.434. The summed E-state index contributed by atoms with van der Waals surface area (Å²) in [4.78, 5) is 10.3. The van der Waals surface area contributed by atoms with Crippen molar-refractivity contribution in [3.63, 3.8) is 0 Å². The highest BCUT2D eigenvalue weighted by Crippen LogP contribution is 2.43. The summed E-state index contributed by atoms with van der Waals surface area (Å²) < 4.78 is 137. The van der Waals surface area contributed by atoms with Crippen molar-refractivity contribution < 1.29 is 85.2 Å². The molecule has 0 fully saturated rings. The Bertz CT molecular complexity index is 2760. The Balaban J connectivity index is 1.62. The normalized spacial score (nSPS) is 12.7. The number of sulfone groups is 2. The van der Waals surface area contributed by atoms with Crippen LogP contribution in [0.5, 0.6) is 0 Å². The number of amides is 1. The van der Waals surface area contributed by atoms with Crippen LogP contribution in [0.25, 0.3) is 0 Å². The van der Waals surface area contributed by atoms with Gasteiger partial charge in [-0.25, -0.2) is 27.4 Å². The second kappa shape index (κ2) is 21.4. The standard InChI is InChI=1S/C29H29N7O19S6/c30-26-23(35-34-22-8-7-21(15-24(22)60(44,45)46)59(42,43)12-10-51-57-55-53-39)16-25(61(47,48)49)27(31)28(26)36-33-19-5-1-3-17(13-19)29(37)32-18-4-2-6-20(14-18)58(40,41)11-9-50-56-54-52-38/h1-8,13-16,38-39H,9-12,30-31H2,(H,32,37)(H,44,45,46)(H,47,48,49). The van der Waals surface area contributed by atoms with Crippen molar-refractivity contribution in [2.24, 2.45) is 20.5 Å². The van der Waals surface area contributed by atoms with Gasteiger partial charge in [0.25, 0.3) is 26.1 Å². The van der Waals surface area contributed by atoms with Crippen LogP contribution in [0, 0.1) is 0 Å². The number of nitrogens with one attached hydrogen (secondary N) is 1. The molecule has 330 valence electrons. The predicted molar refractivity (Wildman–Crippen MR) is 211 cm³/mol. The van der Waals surface area contributed by atoms with E-state index in [1.54, 1.807) is 0 Å². The lowest BCUT2D eigenvalue weighted by Gasteiger charge is -2.11. The van der Waals surface area contributed by atoms with E-state index in [0.717, 1.165) is 12.1 Å². The highest BCUT2D eigenvalue weighted by molar-refractivity contribution is 7.92. The molecule has 0 bridgehead atoms. The van der Waals surface area contributed by atoms with Crippen LogP contribution in [0.2, 0.25) is 0 Å². The molecule has 4 aromatic rings. The fourth-order valence-corrected chi connectivity index (χ4v) is 8.84. The zero-order valence-corrected chi connectivity index (χ0v) is 35.0. The number of carbonyl (C=O) groups is 1. The Labute approximate surface area is 353 Å². The molecule has 0 aliphatic rings. The first kappa shape index (κ1) is 48.9. The van der Waals surface area contributed by atoms with Crippen LogP contribution < -0.4 is 16.8 Å². The highest BCUT2D eigenvalue weighted by atomic mass is 32.2. The van der Waals surface area contributed by atoms with Gasteiger partial charge in [0.1, 0.15) is 26.9 Å². The van der Waals surface area contributed by atoms with Gasteiger partial charge in [-0.1, -0.05) is 22.2 Å². The van der Waals surface area contributed by atoms with Crippen LogP contribution in [-0.4, -0.2) is 83.9 Å². The molecule has 32 heteroatoms. The summed E-state index contributed by atoms with van der Waals surface area (Å²) in [6, 6.07) is 13.5. The second-order valence-corrected chi connectivity index (χ2v) is 19.3. The number of nitrogens with two attached hydrogens (primary N) is 2. The number of nitrogens with zero attached hydrogens (tertiary/aromatic N) is 4. The van der Waals surface area contributed by atoms with Gasteiger partial charge in [-0.2, -0.15) is 21.9 Å². The maximum absolute atomic E-state index is 13.1. The van der Waals surface area contributed by atoms with Crippen molar-refractivity contribution in [2.75, 3.05) is 41.5 Å². The van der Waals surface area contributed by atoms with Crippen LogP contribution in [0.4, 0.5) is 39.8 Å². The average molecular weight is 972 g/mol. The molecule has 0 unspecified atom stereocenters. The van der Waals surface area contributed by atoms with Crippen molar-refractivity contribution >= 4 is 110 Å². The fourth-order valence-electron chi connectivity index (χ4n) is 4.59. The van der Waals surface area contributed by atoms with Gasteiger partial charge in [0.15, 0.2) is 44.3 Å². The molecule has 0 aromatic heterocycles. The molecule has 1 amide bonds. The summed E-state index contributed by atoms with van der Waals surface area (Å²) in [5.74, 6) is -1.97. The number of anilines is 3. The van der Waals surface area contributed by atoms with Crippen LogP contribution in [0.1, 0.15) is 10.4 Å². The molecule has 4 aromatic carbocycles. The molecule has 0 aliphatic heterocycles. The van der Waals surface area contributed by atoms with Crippen molar-refractivity contribution in [3.05, 3.63) is 78.4 Å². The molecular weight excluding hydrogens is 943 g/mol. The van der Waals surface area contributed by atoms with E-state index < -0.39 is 107 Å². The summed E-state index contributed by atoms with van der Waals surface area (Å²) in [7, 11) is -18.5. The van der Waals surface area contributed by atoms with E-state index in [-0.39, 0.29) is 53.1 Å². The largest absolute Gasteiger partial charge is 0.396 e. The maximum atomic E-state index is 13.1. The van der Waals surface area contributed by atoms with Gasteiger partial charge >= 0.3 is 0 Å². The third-order valence-electron chi connectivity index (χ3n) is 7.34. The number of hydrogen-bond acceptors (Lipinski definition) is 25. The quantitative estimate of drug-likeness (QED) is 0.0104. The lowest BCUT2D eigenvalue weighted by atomic mass is 10.2. The number of rotatable bonds is 22. The molecule has 0 heterocycles. The Morgan fingerprint density at radius 2 is 1.21 bits per heavy atom. The number of hydrogen-bond donors (Lipinski definition) is 7. The number of azo groups is 2. The summed E-state index contributed by atoms with van der Waals surface area (Å²) >= 11 is 0.290. The Morgan fingerprint density at radius 3 is 1.80 bits per heavy atom. The smallest absolute Gasteiger partial charge is 0.296 e. The summed E-state index contributed by atoms with van der Waals surface area (Å²) in [5.41, 5.74) is 9.07. The SMILES string of the molecule is Nc1c(N=Nc2ccc(S(=O)(=O)CCOSOOO)cc2S(=O)(=O)O)cc(S(=O)(=O)O)c(N)c1N=Nc1cccc(C(=O)Nc2cccc(S(=O)(=O)CCOSOOO)c2)c1. The first-order valence-corrected chi connectivity index (χ1v) is 23.3. The minimum atomic E-state index is -5.20. The van der Waals surface area contributed by atoms with E-state index in [2.05, 4.69) is 44.5 Å². The Kier molecular flexibility index (Phi) is 17.1. The summed E-state index contributed by atoms with van der Waals surface area (Å²) in [5, 5.41) is 40.6. The van der Waals surface area contributed by atoms with Crippen LogP contribution in [0.15, 0.2) is 113 Å². The monoisotopic (exact) mass is 971 g/mol. The molecule has 9 N–H and O–H groups in total. The maximum Gasteiger partial charge on any atom is 0.296 e. The summed E-state index contributed by atoms with van der Waals surface area (Å²) in [6.45, 7) is -0.878. The van der Waals surface area contributed by atoms with Crippen molar-refractivity contribution in [1.29, 1.82) is 0 Å². The van der Waals surface area contributed by atoms with Crippen LogP contribution in [0.3, 0.4) is 0 Å². The third-order valence-corrected chi connectivity index (χ3v) is 13.2. The molecule has 0 saturated carbocycles. The molecule has 0 radical (unpaired) electrons. The zero-order valence-electron chi connectivity index (χ0n) is 30.1. The molecule has 4 rings (SSSR count). The summed E-state index contributed by atoms with van der Waals surface area (Å²) in [6.07, 6.45) is 0. The van der Waals surface area contributed by atoms with Gasteiger partial charge in [-0.3, -0.25) is 22.3 Å². The van der Waals surface area contributed by atoms with E-state index in [1.807, 2.05) is 0 Å². The molecule has 0 spiro atoms. The number of benzene rings is 4. The fraction of sp³-hybridized carbons (Fsp3) is 0.138. The van der Waals surface area contributed by atoms with Gasteiger partial charge in [0, 0.05) is 11.3 Å². The molecule has 26 nitrogen and oxygen atoms in total. The Morgan fingerprint density at radius 1 is 0.639 bits per heavy atom. The van der Waals surface area contributed by atoms with E-state index in [9.17, 15) is 47.6 Å². The van der Waals surface area contributed by atoms with E-state index in [4.69, 9.17) is 30.3 Å². The molecule has 0 aliphatic carbocycles. The highest BCUT2D eigenvalue weighted by Gasteiger charge is 2.25. The molecule has 0 atom stereocenters. The van der Waals surface area contributed by atoms with Crippen molar-refractivity contribution in [2.45, 2.75) is 19.6 Å². The van der Waals surface area contributed by atoms with Gasteiger partial charge < -0.3 is 16.8 Å². The predicted octanol–water partition coefficient (Wildman–Crippen LogP) is 4.98. The van der Waals surface area contributed by atoms with Gasteiger partial charge in [-0.15, -0.1) is 24.0 Å². The van der Waals surface area contributed by atoms with E-state index in [1.165, 1.54) is 48.5 Å². The van der Waals surface area contributed by atoms with Gasteiger partial charge in [0.05, 0.1) is 51.6 Å². The van der Waals surface area contributed by atoms with Crippen molar-refractivity contribution in [1.82, 2.24) is 0 Å². The van der Waals surface area contributed by atoms with Crippen LogP contribution >= 0.6 is 24.6 Å². The van der Waals surface area contributed by atoms with Crippen LogP contribution in [-0.2, 0) is 67.0 Å². The number of nitrogen functional groups attached to an aromatic ring is 2. The minimum absolute atomic E-state index is 0.0214. The van der Waals surface area contributed by atoms with Gasteiger partial charge in [0.2, 0.25) is 0 Å². The first-order valence-electron chi connectivity index (χ1n) is 15.8. The molecule has 61 heavy (non-hydrogen) atoms. The minimum Gasteiger partial charge on any atom is -0.396 e. The van der Waals surface area contributed by atoms with E-state index >= 15 is 0 Å². The van der Waals surface area contributed by atoms with E-state index in [0.29, 0.717) is 12.1 Å². The van der Waals surface area contributed by atoms with Gasteiger partial charge in [-0.05, 0) is 60.7 Å². The second-order valence-electron chi connectivity index (χ2n) is 11.3. The topological polar surface area (TPSA) is 403 Å². The molecular formula is C29H29N7O19S6. The number of carbonyl (C=O) groups excluding carboxylic acids is 1. The zero-order chi connectivity index (χ0) is 45.0.